The molecule has 0 fully saturated rings. The van der Waals surface area contributed by atoms with Crippen LogP contribution in [0.15, 0.2) is 27.7 Å². The summed E-state index contributed by atoms with van der Waals surface area (Å²) in [4.78, 5) is 3.91. The van der Waals surface area contributed by atoms with E-state index in [1.54, 1.807) is 0 Å². The van der Waals surface area contributed by atoms with Gasteiger partial charge in [0.05, 0.1) is 5.69 Å². The fourth-order valence-electron chi connectivity index (χ4n) is 0.704. The first-order chi connectivity index (χ1) is 5.59. The first-order valence-electron chi connectivity index (χ1n) is 3.14. The summed E-state index contributed by atoms with van der Waals surface area (Å²) in [6.07, 6.45) is 0. The predicted molar refractivity (Wildman–Crippen MR) is 62.3 cm³/mol. The van der Waals surface area contributed by atoms with Gasteiger partial charge in [0.2, 0.25) is 0 Å². The maximum atomic E-state index is 5.23. The van der Waals surface area contributed by atoms with Crippen LogP contribution in [0.5, 0.6) is 0 Å². The number of guanidine groups is 1. The van der Waals surface area contributed by atoms with Crippen LogP contribution in [-0.2, 0) is 0 Å². The summed E-state index contributed by atoms with van der Waals surface area (Å²) in [6, 6.07) is 5.64. The van der Waals surface area contributed by atoms with E-state index < -0.39 is 0 Å². The third kappa shape index (κ3) is 2.63. The quantitative estimate of drug-likeness (QED) is 0.466. The van der Waals surface area contributed by atoms with Crippen LogP contribution < -0.4 is 11.5 Å². The zero-order valence-corrected chi connectivity index (χ0v) is 9.83. The second-order valence-electron chi connectivity index (χ2n) is 2.14. The molecule has 0 saturated heterocycles. The maximum Gasteiger partial charge on any atom is 0.191 e. The van der Waals surface area contributed by atoms with E-state index in [2.05, 4.69) is 43.5 Å². The Balaban J connectivity index is 3.05. The number of nitrogens with two attached hydrogens (primary N) is 2. The van der Waals surface area contributed by atoms with E-state index in [1.807, 2.05) is 18.2 Å². The number of hydrogen-bond donors (Lipinski definition) is 2. The van der Waals surface area contributed by atoms with Crippen LogP contribution in [0.25, 0.3) is 0 Å². The van der Waals surface area contributed by atoms with E-state index >= 15 is 0 Å². The van der Waals surface area contributed by atoms with Gasteiger partial charge in [-0.25, -0.2) is 4.99 Å². The highest BCUT2D eigenvalue weighted by atomic mass is 127. The first kappa shape index (κ1) is 9.79. The molecule has 1 aromatic rings. The van der Waals surface area contributed by atoms with E-state index in [9.17, 15) is 0 Å². The van der Waals surface area contributed by atoms with E-state index in [0.717, 1.165) is 13.7 Å². The van der Waals surface area contributed by atoms with Crippen molar-refractivity contribution < 1.29 is 0 Å². The van der Waals surface area contributed by atoms with Gasteiger partial charge in [0, 0.05) is 8.04 Å². The van der Waals surface area contributed by atoms with Gasteiger partial charge in [-0.2, -0.15) is 0 Å². The molecular formula is C7H7BrIN3. The summed E-state index contributed by atoms with van der Waals surface area (Å²) < 4.78 is 2.12. The molecule has 1 rings (SSSR count). The lowest BCUT2D eigenvalue weighted by molar-refractivity contribution is 1.41. The van der Waals surface area contributed by atoms with Crippen molar-refractivity contribution in [3.05, 3.63) is 26.2 Å². The summed E-state index contributed by atoms with van der Waals surface area (Å²) in [5, 5.41) is 0. The van der Waals surface area contributed by atoms with E-state index in [1.165, 1.54) is 0 Å². The molecule has 12 heavy (non-hydrogen) atoms. The predicted octanol–water partition coefficient (Wildman–Crippen LogP) is 1.96. The Kier molecular flexibility index (Phi) is 3.33. The smallest absolute Gasteiger partial charge is 0.191 e. The minimum atomic E-state index is 0.0770. The monoisotopic (exact) mass is 339 g/mol. The van der Waals surface area contributed by atoms with Gasteiger partial charge < -0.3 is 11.5 Å². The van der Waals surface area contributed by atoms with E-state index in [0.29, 0.717) is 0 Å². The minimum absolute atomic E-state index is 0.0770. The Hall–Kier alpha value is -0.300. The van der Waals surface area contributed by atoms with Crippen molar-refractivity contribution in [2.24, 2.45) is 16.5 Å². The van der Waals surface area contributed by atoms with Crippen molar-refractivity contribution in [2.45, 2.75) is 0 Å². The van der Waals surface area contributed by atoms with Crippen molar-refractivity contribution in [1.82, 2.24) is 0 Å². The number of aliphatic imine (C=N–C) groups is 1. The molecule has 0 heterocycles. The Labute approximate surface area is 92.5 Å². The zero-order chi connectivity index (χ0) is 9.14. The number of benzene rings is 1. The highest BCUT2D eigenvalue weighted by molar-refractivity contribution is 14.1. The Morgan fingerprint density at radius 2 is 2.08 bits per heavy atom. The van der Waals surface area contributed by atoms with Crippen molar-refractivity contribution in [3.63, 3.8) is 0 Å². The normalized spacial score (nSPS) is 9.50. The Morgan fingerprint density at radius 3 is 2.58 bits per heavy atom. The third-order valence-electron chi connectivity index (χ3n) is 1.16. The van der Waals surface area contributed by atoms with Crippen LogP contribution in [0, 0.1) is 3.57 Å². The summed E-state index contributed by atoms with van der Waals surface area (Å²) in [5.74, 6) is 0.0770. The van der Waals surface area contributed by atoms with Crippen molar-refractivity contribution >= 4 is 50.2 Å². The molecule has 4 N–H and O–H groups in total. The highest BCUT2D eigenvalue weighted by Crippen LogP contribution is 2.23. The number of nitrogens with zero attached hydrogens (tertiary/aromatic N) is 1. The summed E-state index contributed by atoms with van der Waals surface area (Å²) in [7, 11) is 0. The molecule has 0 aliphatic rings. The fraction of sp³-hybridized carbons (Fsp3) is 0. The molecule has 0 bridgehead atoms. The molecule has 0 spiro atoms. The van der Waals surface area contributed by atoms with Gasteiger partial charge in [-0.1, -0.05) is 0 Å². The molecule has 1 aromatic carbocycles. The topological polar surface area (TPSA) is 64.4 Å². The SMILES string of the molecule is NC(N)=Nc1ccc(Br)c(I)c1. The molecule has 3 nitrogen and oxygen atoms in total. The third-order valence-corrected chi connectivity index (χ3v) is 3.49. The average molecular weight is 340 g/mol. The van der Waals surface area contributed by atoms with E-state index in [-0.39, 0.29) is 5.96 Å². The molecule has 0 amide bonds. The summed E-state index contributed by atoms with van der Waals surface area (Å²) in [5.41, 5.74) is 11.2. The number of hydrogen-bond acceptors (Lipinski definition) is 1. The van der Waals surface area contributed by atoms with Crippen LogP contribution in [0.1, 0.15) is 0 Å². The van der Waals surface area contributed by atoms with Crippen molar-refractivity contribution in [1.29, 1.82) is 0 Å². The molecule has 64 valence electrons. The van der Waals surface area contributed by atoms with E-state index in [4.69, 9.17) is 11.5 Å². The van der Waals surface area contributed by atoms with Gasteiger partial charge in [-0.3, -0.25) is 0 Å². The highest BCUT2D eigenvalue weighted by Gasteiger charge is 1.96. The van der Waals surface area contributed by atoms with Crippen LogP contribution >= 0.6 is 38.5 Å². The van der Waals surface area contributed by atoms with Crippen LogP contribution in [0.4, 0.5) is 5.69 Å². The molecule has 0 aliphatic carbocycles. The van der Waals surface area contributed by atoms with Gasteiger partial charge in [-0.15, -0.1) is 0 Å². The molecule has 0 unspecified atom stereocenters. The van der Waals surface area contributed by atoms with Crippen molar-refractivity contribution in [3.8, 4) is 0 Å². The lowest BCUT2D eigenvalue weighted by Crippen LogP contribution is -2.21. The molecule has 0 aliphatic heterocycles. The number of rotatable bonds is 1. The minimum Gasteiger partial charge on any atom is -0.370 e. The molecule has 0 saturated carbocycles. The lowest BCUT2D eigenvalue weighted by Gasteiger charge is -1.97. The van der Waals surface area contributed by atoms with Gasteiger partial charge in [0.15, 0.2) is 5.96 Å². The van der Waals surface area contributed by atoms with Crippen molar-refractivity contribution in [2.75, 3.05) is 0 Å². The molecule has 5 heteroatoms. The molecule has 0 radical (unpaired) electrons. The van der Waals surface area contributed by atoms with Crippen LogP contribution in [-0.4, -0.2) is 5.96 Å². The molecule has 0 atom stereocenters. The van der Waals surface area contributed by atoms with Gasteiger partial charge in [-0.05, 0) is 56.7 Å². The second-order valence-corrected chi connectivity index (χ2v) is 4.15. The van der Waals surface area contributed by atoms with Crippen LogP contribution in [0.3, 0.4) is 0 Å². The largest absolute Gasteiger partial charge is 0.370 e. The Morgan fingerprint density at radius 1 is 1.42 bits per heavy atom. The number of halogens is 2. The van der Waals surface area contributed by atoms with Gasteiger partial charge in [0.25, 0.3) is 0 Å². The fourth-order valence-corrected chi connectivity index (χ4v) is 1.45. The summed E-state index contributed by atoms with van der Waals surface area (Å²) >= 11 is 5.58. The van der Waals surface area contributed by atoms with Gasteiger partial charge >= 0.3 is 0 Å². The average Bonchev–Trinajstić information content (AvgIpc) is 1.96. The zero-order valence-electron chi connectivity index (χ0n) is 6.09. The summed E-state index contributed by atoms with van der Waals surface area (Å²) in [6.45, 7) is 0. The van der Waals surface area contributed by atoms with Crippen LogP contribution in [0.2, 0.25) is 0 Å². The molecule has 0 aromatic heterocycles. The first-order valence-corrected chi connectivity index (χ1v) is 5.01. The second kappa shape index (κ2) is 4.08. The standard InChI is InChI=1S/C7H7BrIN3/c8-5-2-1-4(3-6(5)9)12-7(10)11/h1-3H,(H4,10,11,12). The van der Waals surface area contributed by atoms with Gasteiger partial charge in [0.1, 0.15) is 0 Å². The molecular weight excluding hydrogens is 333 g/mol. The lowest BCUT2D eigenvalue weighted by atomic mass is 10.3. The maximum absolute atomic E-state index is 5.23. The Bertz CT molecular complexity index is 320.